The number of hydrogen-bond acceptors (Lipinski definition) is 3. The van der Waals surface area contributed by atoms with Crippen LogP contribution in [0.2, 0.25) is 5.04 Å². The van der Waals surface area contributed by atoms with E-state index in [0.29, 0.717) is 0 Å². The molecular formula is C23H31IO3Si. The van der Waals surface area contributed by atoms with Crippen molar-refractivity contribution < 1.29 is 13.9 Å². The molecule has 3 rings (SSSR count). The number of rotatable bonds is 6. The number of benzene rings is 2. The maximum absolute atomic E-state index is 7.26. The maximum Gasteiger partial charge on any atom is 0.261 e. The van der Waals surface area contributed by atoms with E-state index in [1.54, 1.807) is 7.11 Å². The van der Waals surface area contributed by atoms with Crippen LogP contribution < -0.4 is 10.4 Å². The summed E-state index contributed by atoms with van der Waals surface area (Å²) in [6.45, 7) is 6.96. The third-order valence-corrected chi connectivity index (χ3v) is 11.6. The van der Waals surface area contributed by atoms with Gasteiger partial charge in [0, 0.05) is 18.0 Å². The van der Waals surface area contributed by atoms with E-state index in [1.807, 2.05) is 0 Å². The first-order valence-corrected chi connectivity index (χ1v) is 13.4. The van der Waals surface area contributed by atoms with Crippen molar-refractivity contribution in [3.8, 4) is 0 Å². The Balaban J connectivity index is 2.08. The lowest BCUT2D eigenvalue weighted by atomic mass is 10.1. The molecule has 1 aliphatic heterocycles. The fraction of sp³-hybridized carbons (Fsp3) is 0.478. The molecule has 0 aromatic heterocycles. The van der Waals surface area contributed by atoms with Gasteiger partial charge < -0.3 is 13.9 Å². The Morgan fingerprint density at radius 3 is 1.93 bits per heavy atom. The summed E-state index contributed by atoms with van der Waals surface area (Å²) < 4.78 is 19.8. The van der Waals surface area contributed by atoms with E-state index in [0.717, 1.165) is 17.3 Å². The zero-order chi connectivity index (χ0) is 20.2. The lowest BCUT2D eigenvalue weighted by Crippen LogP contribution is -2.68. The van der Waals surface area contributed by atoms with Crippen LogP contribution in [0, 0.1) is 0 Å². The molecule has 2 aromatic rings. The van der Waals surface area contributed by atoms with E-state index < -0.39 is 8.32 Å². The topological polar surface area (TPSA) is 27.7 Å². The minimum absolute atomic E-state index is 0.0175. The third kappa shape index (κ3) is 4.54. The fourth-order valence-corrected chi connectivity index (χ4v) is 9.49. The van der Waals surface area contributed by atoms with E-state index in [9.17, 15) is 0 Å². The van der Waals surface area contributed by atoms with Gasteiger partial charge >= 0.3 is 0 Å². The van der Waals surface area contributed by atoms with Gasteiger partial charge in [0.05, 0.1) is 12.2 Å². The van der Waals surface area contributed by atoms with Gasteiger partial charge in [-0.05, 0) is 21.8 Å². The second-order valence-corrected chi connectivity index (χ2v) is 13.6. The van der Waals surface area contributed by atoms with Crippen LogP contribution in [0.3, 0.4) is 0 Å². The van der Waals surface area contributed by atoms with E-state index >= 15 is 0 Å². The summed E-state index contributed by atoms with van der Waals surface area (Å²) >= 11 is 2.39. The van der Waals surface area contributed by atoms with Crippen LogP contribution in [0.15, 0.2) is 60.7 Å². The highest BCUT2D eigenvalue weighted by atomic mass is 127. The molecule has 0 aliphatic carbocycles. The van der Waals surface area contributed by atoms with Gasteiger partial charge in [-0.25, -0.2) is 0 Å². The van der Waals surface area contributed by atoms with Gasteiger partial charge in [0.2, 0.25) is 0 Å². The second kappa shape index (κ2) is 9.39. The number of hydrogen-bond donors (Lipinski definition) is 0. The molecule has 0 radical (unpaired) electrons. The molecule has 3 nitrogen and oxygen atoms in total. The van der Waals surface area contributed by atoms with Crippen LogP contribution in [-0.2, 0) is 13.9 Å². The summed E-state index contributed by atoms with van der Waals surface area (Å²) in [6, 6.07) is 21.7. The van der Waals surface area contributed by atoms with Crippen molar-refractivity contribution in [3.63, 3.8) is 0 Å². The summed E-state index contributed by atoms with van der Waals surface area (Å²) in [7, 11) is -0.813. The molecule has 0 amide bonds. The van der Waals surface area contributed by atoms with Crippen LogP contribution in [0.4, 0.5) is 0 Å². The number of ether oxygens (including phenoxy) is 2. The van der Waals surface area contributed by atoms with Crippen molar-refractivity contribution in [3.05, 3.63) is 60.7 Å². The molecule has 28 heavy (non-hydrogen) atoms. The van der Waals surface area contributed by atoms with Crippen molar-refractivity contribution in [2.45, 2.75) is 57.1 Å². The van der Waals surface area contributed by atoms with Gasteiger partial charge in [0.1, 0.15) is 0 Å². The van der Waals surface area contributed by atoms with E-state index in [4.69, 9.17) is 13.9 Å². The largest absolute Gasteiger partial charge is 0.404 e. The third-order valence-electron chi connectivity index (χ3n) is 5.52. The number of methoxy groups -OCH3 is 1. The van der Waals surface area contributed by atoms with Crippen LogP contribution in [0.5, 0.6) is 0 Å². The highest BCUT2D eigenvalue weighted by Gasteiger charge is 2.52. The predicted octanol–water partition coefficient (Wildman–Crippen LogP) is 4.52. The smallest absolute Gasteiger partial charge is 0.261 e. The number of halogens is 1. The van der Waals surface area contributed by atoms with Crippen molar-refractivity contribution in [2.75, 3.05) is 11.5 Å². The van der Waals surface area contributed by atoms with Crippen LogP contribution in [0.25, 0.3) is 0 Å². The van der Waals surface area contributed by atoms with Crippen LogP contribution in [-0.4, -0.2) is 38.4 Å². The standard InChI is InChI=1S/C23H31IO3Si/c1-23(2,3)28(20-11-7-5-8-12-20,21-13-9-6-10-14-21)27-18-15-19(17-24)26-22(16-18)25-4/h5-14,18-19,22H,15-17H2,1-4H3/t18-,19+,22-/m1/s1. The van der Waals surface area contributed by atoms with Crippen molar-refractivity contribution in [1.29, 1.82) is 0 Å². The van der Waals surface area contributed by atoms with Crippen molar-refractivity contribution >= 4 is 41.3 Å². The number of alkyl halides is 1. The molecule has 2 aromatic carbocycles. The highest BCUT2D eigenvalue weighted by molar-refractivity contribution is 14.1. The molecule has 152 valence electrons. The van der Waals surface area contributed by atoms with Crippen molar-refractivity contribution in [1.82, 2.24) is 0 Å². The first kappa shape index (κ1) is 22.0. The molecule has 0 unspecified atom stereocenters. The highest BCUT2D eigenvalue weighted by Crippen LogP contribution is 2.39. The molecular weight excluding hydrogens is 479 g/mol. The molecule has 0 saturated carbocycles. The Hall–Kier alpha value is -0.733. The molecule has 3 atom stereocenters. The van der Waals surface area contributed by atoms with Crippen LogP contribution >= 0.6 is 22.6 Å². The Bertz CT molecular complexity index is 681. The van der Waals surface area contributed by atoms with Gasteiger partial charge in [-0.2, -0.15) is 0 Å². The SMILES string of the molecule is CO[C@H]1C[C@H](O[Si](c2ccccc2)(c2ccccc2)C(C)(C)C)C[C@@H](CI)O1. The van der Waals surface area contributed by atoms with E-state index in [2.05, 4.69) is 104 Å². The Morgan fingerprint density at radius 1 is 0.964 bits per heavy atom. The fourth-order valence-electron chi connectivity index (χ4n) is 4.22. The first-order chi connectivity index (χ1) is 13.4. The van der Waals surface area contributed by atoms with Crippen molar-refractivity contribution in [2.24, 2.45) is 0 Å². The molecule has 1 heterocycles. The summed E-state index contributed by atoms with van der Waals surface area (Å²) in [5.41, 5.74) is 0. The molecule has 1 saturated heterocycles. The average molecular weight is 510 g/mol. The summed E-state index contributed by atoms with van der Waals surface area (Å²) in [6.07, 6.45) is 1.77. The molecule has 1 aliphatic rings. The average Bonchev–Trinajstić information content (AvgIpc) is 2.72. The molecule has 5 heteroatoms. The summed E-state index contributed by atoms with van der Waals surface area (Å²) in [4.78, 5) is 0. The van der Waals surface area contributed by atoms with E-state index in [1.165, 1.54) is 10.4 Å². The first-order valence-electron chi connectivity index (χ1n) is 9.94. The quantitative estimate of drug-likeness (QED) is 0.325. The summed E-state index contributed by atoms with van der Waals surface area (Å²) in [5.74, 6) is 0. The minimum Gasteiger partial charge on any atom is -0.404 e. The molecule has 0 spiro atoms. The lowest BCUT2D eigenvalue weighted by Gasteiger charge is -2.47. The molecule has 0 bridgehead atoms. The zero-order valence-electron chi connectivity index (χ0n) is 17.2. The monoisotopic (exact) mass is 510 g/mol. The van der Waals surface area contributed by atoms with Gasteiger partial charge in [0.15, 0.2) is 6.29 Å². The zero-order valence-corrected chi connectivity index (χ0v) is 20.4. The molecule has 0 N–H and O–H groups in total. The minimum atomic E-state index is -2.53. The Kier molecular flexibility index (Phi) is 7.36. The normalized spacial score (nSPS) is 23.5. The van der Waals surface area contributed by atoms with Gasteiger partial charge in [0.25, 0.3) is 8.32 Å². The molecule has 1 fully saturated rings. The van der Waals surface area contributed by atoms with Gasteiger partial charge in [-0.15, -0.1) is 0 Å². The Labute approximate surface area is 184 Å². The second-order valence-electron chi connectivity index (χ2n) is 8.45. The van der Waals surface area contributed by atoms with Gasteiger partial charge in [-0.3, -0.25) is 0 Å². The van der Waals surface area contributed by atoms with Gasteiger partial charge in [-0.1, -0.05) is 104 Å². The lowest BCUT2D eigenvalue weighted by molar-refractivity contribution is -0.194. The van der Waals surface area contributed by atoms with E-state index in [-0.39, 0.29) is 23.5 Å². The maximum atomic E-state index is 7.26. The Morgan fingerprint density at radius 2 is 1.50 bits per heavy atom. The predicted molar refractivity (Wildman–Crippen MR) is 126 cm³/mol. The van der Waals surface area contributed by atoms with Crippen LogP contribution in [0.1, 0.15) is 33.6 Å². The summed E-state index contributed by atoms with van der Waals surface area (Å²) in [5, 5.41) is 2.62.